The summed E-state index contributed by atoms with van der Waals surface area (Å²) in [6.07, 6.45) is 35.1. The van der Waals surface area contributed by atoms with E-state index >= 15 is 0 Å². The number of carbonyl (C=O) groups is 3. The van der Waals surface area contributed by atoms with Crippen LogP contribution in [0.2, 0.25) is 0 Å². The van der Waals surface area contributed by atoms with Gasteiger partial charge in [0.05, 0.1) is 6.61 Å². The standard InChI is InChI=1S/C43H64N2O5/c1-6-7-8-9-10-11-12-13-14-15-16-17-18-19-20-21-22-23-24-29-40(46)45-38(41(47)48)28-25-26-33-44-42(49)43(4,5)32-27-34-50-39-35-36(2)30-31-37(39)3/h7-8,10-11,13-14,16-17,19-20,22-23,30-31,35,38H,6,9,12,15,18,21,24-29,32-34H2,1-5H3,(H,44,49)(H,45,46)(H,47,48). The average Bonchev–Trinajstić information content (AvgIpc) is 3.08. The molecule has 1 aromatic rings. The molecule has 0 radical (unpaired) electrons. The number of ether oxygens (including phenoxy) is 1. The molecule has 50 heavy (non-hydrogen) atoms. The SMILES string of the molecule is CCC=CCC=CCC=CCC=CCC=CCC=CCCC(=O)NC(CCCCNC(=O)C(C)(C)CCCOc1cc(C)ccc1C)C(=O)O. The molecule has 1 atom stereocenters. The molecule has 276 valence electrons. The second-order valence-corrected chi connectivity index (χ2v) is 13.3. The first-order chi connectivity index (χ1) is 24.1. The van der Waals surface area contributed by atoms with Crippen LogP contribution in [0.15, 0.2) is 91.1 Å². The highest BCUT2D eigenvalue weighted by atomic mass is 16.5. The number of allylic oxidation sites excluding steroid dienone is 12. The molecule has 3 N–H and O–H groups in total. The molecule has 1 unspecified atom stereocenters. The van der Waals surface area contributed by atoms with E-state index in [1.807, 2.05) is 52.0 Å². The van der Waals surface area contributed by atoms with Gasteiger partial charge in [-0.05, 0) is 108 Å². The minimum Gasteiger partial charge on any atom is -0.493 e. The first-order valence-corrected chi connectivity index (χ1v) is 18.5. The number of carboxylic acids is 1. The van der Waals surface area contributed by atoms with Crippen molar-refractivity contribution in [3.8, 4) is 5.75 Å². The molecule has 0 heterocycles. The maximum Gasteiger partial charge on any atom is 0.326 e. The average molecular weight is 689 g/mol. The third-order valence-corrected chi connectivity index (χ3v) is 8.14. The fourth-order valence-electron chi connectivity index (χ4n) is 4.97. The fourth-order valence-corrected chi connectivity index (χ4v) is 4.97. The highest BCUT2D eigenvalue weighted by Gasteiger charge is 2.27. The molecule has 0 saturated carbocycles. The number of carboxylic acid groups (broad SMARTS) is 1. The lowest BCUT2D eigenvalue weighted by Gasteiger charge is -2.24. The lowest BCUT2D eigenvalue weighted by molar-refractivity contribution is -0.142. The van der Waals surface area contributed by atoms with E-state index in [2.05, 4.69) is 84.4 Å². The van der Waals surface area contributed by atoms with Crippen LogP contribution in [0.3, 0.4) is 0 Å². The van der Waals surface area contributed by atoms with Crippen molar-refractivity contribution in [2.24, 2.45) is 5.41 Å². The lowest BCUT2D eigenvalue weighted by atomic mass is 9.87. The van der Waals surface area contributed by atoms with Gasteiger partial charge < -0.3 is 20.5 Å². The molecule has 0 bridgehead atoms. The van der Waals surface area contributed by atoms with Gasteiger partial charge in [-0.15, -0.1) is 0 Å². The van der Waals surface area contributed by atoms with Crippen LogP contribution in [0.4, 0.5) is 0 Å². The number of rotatable bonds is 27. The zero-order chi connectivity index (χ0) is 36.9. The molecule has 1 aromatic carbocycles. The van der Waals surface area contributed by atoms with Crippen LogP contribution in [0.5, 0.6) is 5.75 Å². The van der Waals surface area contributed by atoms with Crippen molar-refractivity contribution in [1.82, 2.24) is 10.6 Å². The van der Waals surface area contributed by atoms with Crippen LogP contribution in [-0.2, 0) is 14.4 Å². The molecule has 0 aliphatic heterocycles. The minimum absolute atomic E-state index is 0.0262. The molecule has 2 amide bonds. The number of nitrogens with one attached hydrogen (secondary N) is 2. The summed E-state index contributed by atoms with van der Waals surface area (Å²) >= 11 is 0. The molecule has 0 aliphatic rings. The normalized spacial score (nSPS) is 13.1. The largest absolute Gasteiger partial charge is 0.493 e. The number of benzene rings is 1. The summed E-state index contributed by atoms with van der Waals surface area (Å²) < 4.78 is 5.93. The van der Waals surface area contributed by atoms with Crippen LogP contribution in [0.25, 0.3) is 0 Å². The number of carbonyl (C=O) groups excluding carboxylic acids is 2. The second-order valence-electron chi connectivity index (χ2n) is 13.3. The number of aliphatic carboxylic acids is 1. The monoisotopic (exact) mass is 688 g/mol. The Kier molecular flexibility index (Phi) is 24.3. The lowest BCUT2D eigenvalue weighted by Crippen LogP contribution is -2.41. The van der Waals surface area contributed by atoms with Crippen molar-refractivity contribution in [3.05, 3.63) is 102 Å². The number of hydrogen-bond donors (Lipinski definition) is 3. The Morgan fingerprint density at radius 1 is 0.800 bits per heavy atom. The van der Waals surface area contributed by atoms with E-state index in [9.17, 15) is 19.5 Å². The van der Waals surface area contributed by atoms with E-state index in [0.717, 1.165) is 61.8 Å². The summed E-state index contributed by atoms with van der Waals surface area (Å²) in [5.41, 5.74) is 1.71. The Balaban J connectivity index is 2.17. The van der Waals surface area contributed by atoms with Crippen LogP contribution in [0, 0.1) is 19.3 Å². The second kappa shape index (κ2) is 27.7. The van der Waals surface area contributed by atoms with Gasteiger partial charge in [-0.3, -0.25) is 9.59 Å². The third-order valence-electron chi connectivity index (χ3n) is 8.14. The molecule has 7 nitrogen and oxygen atoms in total. The first-order valence-electron chi connectivity index (χ1n) is 18.5. The Morgan fingerprint density at radius 3 is 1.92 bits per heavy atom. The van der Waals surface area contributed by atoms with Gasteiger partial charge in [0.25, 0.3) is 0 Å². The van der Waals surface area contributed by atoms with Gasteiger partial charge in [-0.2, -0.15) is 0 Å². The number of hydrogen-bond acceptors (Lipinski definition) is 4. The summed E-state index contributed by atoms with van der Waals surface area (Å²) in [5, 5.41) is 15.2. The van der Waals surface area contributed by atoms with Crippen molar-refractivity contribution < 1.29 is 24.2 Å². The Labute approximate surface area is 302 Å². The van der Waals surface area contributed by atoms with E-state index in [0.29, 0.717) is 45.3 Å². The topological polar surface area (TPSA) is 105 Å². The fraction of sp³-hybridized carbons (Fsp3) is 0.512. The smallest absolute Gasteiger partial charge is 0.326 e. The van der Waals surface area contributed by atoms with Crippen molar-refractivity contribution in [2.45, 2.75) is 124 Å². The van der Waals surface area contributed by atoms with Gasteiger partial charge in [-0.25, -0.2) is 4.79 Å². The van der Waals surface area contributed by atoms with Crippen LogP contribution >= 0.6 is 0 Å². The third kappa shape index (κ3) is 22.5. The van der Waals surface area contributed by atoms with Crippen molar-refractivity contribution in [3.63, 3.8) is 0 Å². The van der Waals surface area contributed by atoms with Crippen molar-refractivity contribution in [2.75, 3.05) is 13.2 Å². The molecule has 0 aromatic heterocycles. The summed E-state index contributed by atoms with van der Waals surface area (Å²) in [4.78, 5) is 36.8. The molecule has 0 saturated heterocycles. The Hall–Kier alpha value is -4.13. The number of aryl methyl sites for hydroxylation is 2. The summed E-state index contributed by atoms with van der Waals surface area (Å²) in [5.74, 6) is -0.455. The molecule has 0 aliphatic carbocycles. The summed E-state index contributed by atoms with van der Waals surface area (Å²) in [7, 11) is 0. The van der Waals surface area contributed by atoms with E-state index in [-0.39, 0.29) is 18.2 Å². The first kappa shape index (κ1) is 43.9. The highest BCUT2D eigenvalue weighted by Crippen LogP contribution is 2.24. The maximum absolute atomic E-state index is 12.8. The quantitative estimate of drug-likeness (QED) is 0.0631. The minimum atomic E-state index is -1.04. The molecule has 7 heteroatoms. The predicted molar refractivity (Wildman–Crippen MR) is 208 cm³/mol. The number of amides is 2. The zero-order valence-electron chi connectivity index (χ0n) is 31.4. The molecule has 0 fully saturated rings. The number of unbranched alkanes of at least 4 members (excludes halogenated alkanes) is 1. The van der Waals surface area contributed by atoms with Crippen molar-refractivity contribution in [1.29, 1.82) is 0 Å². The van der Waals surface area contributed by atoms with E-state index in [1.165, 1.54) is 0 Å². The van der Waals surface area contributed by atoms with Gasteiger partial charge in [0.1, 0.15) is 11.8 Å². The molecular weight excluding hydrogens is 624 g/mol. The van der Waals surface area contributed by atoms with Crippen LogP contribution < -0.4 is 15.4 Å². The summed E-state index contributed by atoms with van der Waals surface area (Å²) in [6.45, 7) is 11.1. The molecule has 0 spiro atoms. The van der Waals surface area contributed by atoms with Gasteiger partial charge >= 0.3 is 5.97 Å². The van der Waals surface area contributed by atoms with Gasteiger partial charge in [0.15, 0.2) is 0 Å². The van der Waals surface area contributed by atoms with Gasteiger partial charge in [0.2, 0.25) is 11.8 Å². The molecule has 1 rings (SSSR count). The molecular formula is C43H64N2O5. The van der Waals surface area contributed by atoms with Crippen molar-refractivity contribution >= 4 is 17.8 Å². The van der Waals surface area contributed by atoms with Crippen LogP contribution in [0.1, 0.15) is 115 Å². The van der Waals surface area contributed by atoms with E-state index < -0.39 is 17.4 Å². The highest BCUT2D eigenvalue weighted by molar-refractivity contribution is 5.83. The van der Waals surface area contributed by atoms with E-state index in [1.54, 1.807) is 0 Å². The Bertz CT molecular complexity index is 1300. The Morgan fingerprint density at radius 2 is 1.36 bits per heavy atom. The van der Waals surface area contributed by atoms with E-state index in [4.69, 9.17) is 4.74 Å². The van der Waals surface area contributed by atoms with Gasteiger partial charge in [-0.1, -0.05) is 106 Å². The zero-order valence-corrected chi connectivity index (χ0v) is 31.4. The van der Waals surface area contributed by atoms with Gasteiger partial charge in [0, 0.05) is 18.4 Å². The van der Waals surface area contributed by atoms with Crippen LogP contribution in [-0.4, -0.2) is 42.1 Å². The maximum atomic E-state index is 12.8. The predicted octanol–water partition coefficient (Wildman–Crippen LogP) is 9.82. The summed E-state index contributed by atoms with van der Waals surface area (Å²) in [6, 6.07) is 5.20.